The molecule has 0 spiro atoms. The van der Waals surface area contributed by atoms with Gasteiger partial charge >= 0.3 is 0 Å². The van der Waals surface area contributed by atoms with Crippen LogP contribution in [0.4, 0.5) is 0 Å². The number of thioether (sulfide) groups is 1. The fourth-order valence-corrected chi connectivity index (χ4v) is 2.46. The lowest BCUT2D eigenvalue weighted by molar-refractivity contribution is 0.102. The lowest BCUT2D eigenvalue weighted by Crippen LogP contribution is -2.00. The van der Waals surface area contributed by atoms with Crippen molar-refractivity contribution in [2.45, 2.75) is 4.90 Å². The second-order valence-corrected chi connectivity index (χ2v) is 5.06. The number of hydrogen-bond donors (Lipinski definition) is 0. The lowest BCUT2D eigenvalue weighted by atomic mass is 10.3. The Morgan fingerprint density at radius 2 is 2.35 bits per heavy atom. The number of nitrogens with zero attached hydrogens (tertiary/aromatic N) is 2. The van der Waals surface area contributed by atoms with Gasteiger partial charge in [-0.15, -0.1) is 11.8 Å². The Hall–Kier alpha value is -1.26. The van der Waals surface area contributed by atoms with Gasteiger partial charge in [0.1, 0.15) is 0 Å². The molecule has 3 nitrogen and oxygen atoms in total. The molecule has 1 aromatic carbocycles. The van der Waals surface area contributed by atoms with Gasteiger partial charge in [-0.3, -0.25) is 9.48 Å². The molecule has 0 aliphatic rings. The van der Waals surface area contributed by atoms with Crippen molar-refractivity contribution in [3.8, 4) is 0 Å². The molecule has 0 saturated carbocycles. The average Bonchev–Trinajstić information content (AvgIpc) is 2.73. The minimum atomic E-state index is 0.0723. The van der Waals surface area contributed by atoms with Crippen LogP contribution in [0.2, 0.25) is 5.02 Å². The molecule has 0 aliphatic carbocycles. The van der Waals surface area contributed by atoms with Crippen molar-refractivity contribution >= 4 is 29.1 Å². The Morgan fingerprint density at radius 1 is 1.53 bits per heavy atom. The van der Waals surface area contributed by atoms with Crippen molar-refractivity contribution in [3.63, 3.8) is 0 Å². The van der Waals surface area contributed by atoms with Gasteiger partial charge in [0.05, 0.1) is 17.5 Å². The summed E-state index contributed by atoms with van der Waals surface area (Å²) in [6.45, 7) is 0. The summed E-state index contributed by atoms with van der Waals surface area (Å²) in [5, 5.41) is 4.66. The number of hydrogen-bond acceptors (Lipinski definition) is 3. The van der Waals surface area contributed by atoms with E-state index in [1.807, 2.05) is 24.3 Å². The summed E-state index contributed by atoms with van der Waals surface area (Å²) in [5.74, 6) is 0.467. The number of benzene rings is 1. The third-order valence-electron chi connectivity index (χ3n) is 2.19. The monoisotopic (exact) mass is 266 g/mol. The van der Waals surface area contributed by atoms with E-state index in [2.05, 4.69) is 5.10 Å². The number of halogens is 1. The van der Waals surface area contributed by atoms with Crippen LogP contribution >= 0.6 is 23.4 Å². The van der Waals surface area contributed by atoms with Crippen molar-refractivity contribution in [3.05, 3.63) is 47.2 Å². The number of aryl methyl sites for hydroxylation is 1. The van der Waals surface area contributed by atoms with Crippen molar-refractivity contribution in [2.24, 2.45) is 7.05 Å². The summed E-state index contributed by atoms with van der Waals surface area (Å²) >= 11 is 7.34. The third-order valence-corrected chi connectivity index (χ3v) is 3.42. The van der Waals surface area contributed by atoms with Crippen LogP contribution in [0.25, 0.3) is 0 Å². The first-order valence-corrected chi connectivity index (χ1v) is 6.42. The van der Waals surface area contributed by atoms with E-state index in [9.17, 15) is 4.79 Å². The molecule has 0 bridgehead atoms. The van der Waals surface area contributed by atoms with Crippen LogP contribution in [0.5, 0.6) is 0 Å². The molecule has 0 N–H and O–H groups in total. The van der Waals surface area contributed by atoms with E-state index in [4.69, 9.17) is 11.6 Å². The summed E-state index contributed by atoms with van der Waals surface area (Å²) < 4.78 is 1.62. The molecular weight excluding hydrogens is 256 g/mol. The Morgan fingerprint density at radius 3 is 3.00 bits per heavy atom. The molecule has 2 aromatic rings. The first-order valence-electron chi connectivity index (χ1n) is 5.05. The zero-order chi connectivity index (χ0) is 12.3. The summed E-state index contributed by atoms with van der Waals surface area (Å²) in [6.07, 6.45) is 3.31. The van der Waals surface area contributed by atoms with Crippen molar-refractivity contribution in [2.75, 3.05) is 5.75 Å². The topological polar surface area (TPSA) is 34.9 Å². The Kier molecular flexibility index (Phi) is 3.86. The second kappa shape index (κ2) is 5.38. The minimum Gasteiger partial charge on any atom is -0.293 e. The summed E-state index contributed by atoms with van der Waals surface area (Å²) in [4.78, 5) is 12.8. The fourth-order valence-electron chi connectivity index (χ4n) is 1.35. The first kappa shape index (κ1) is 12.2. The molecular formula is C12H11ClN2OS. The van der Waals surface area contributed by atoms with Gasteiger partial charge in [-0.25, -0.2) is 0 Å². The predicted molar refractivity (Wildman–Crippen MR) is 69.7 cm³/mol. The van der Waals surface area contributed by atoms with Crippen LogP contribution in [-0.4, -0.2) is 21.3 Å². The van der Waals surface area contributed by atoms with Gasteiger partial charge in [0.25, 0.3) is 0 Å². The number of rotatable bonds is 4. The number of Topliss-reactive ketones (excluding diaryl/α,β-unsaturated/α-hetero) is 1. The van der Waals surface area contributed by atoms with Crippen molar-refractivity contribution in [1.29, 1.82) is 0 Å². The van der Waals surface area contributed by atoms with Crippen molar-refractivity contribution < 1.29 is 4.79 Å². The number of carbonyl (C=O) groups excluding carboxylic acids is 1. The van der Waals surface area contributed by atoms with E-state index in [-0.39, 0.29) is 5.78 Å². The summed E-state index contributed by atoms with van der Waals surface area (Å²) in [6, 6.07) is 7.48. The smallest absolute Gasteiger partial charge is 0.176 e. The zero-order valence-corrected chi connectivity index (χ0v) is 10.8. The van der Waals surface area contributed by atoms with E-state index in [1.165, 1.54) is 11.8 Å². The SMILES string of the molecule is Cn1cc(C(=O)CSc2cccc(Cl)c2)cn1. The zero-order valence-electron chi connectivity index (χ0n) is 9.26. The van der Waals surface area contributed by atoms with E-state index < -0.39 is 0 Å². The van der Waals surface area contributed by atoms with Gasteiger partial charge in [0.15, 0.2) is 5.78 Å². The van der Waals surface area contributed by atoms with Crippen LogP contribution in [-0.2, 0) is 7.05 Å². The van der Waals surface area contributed by atoms with E-state index in [0.717, 1.165) is 4.90 Å². The van der Waals surface area contributed by atoms with Crippen LogP contribution in [0.1, 0.15) is 10.4 Å². The standard InChI is InChI=1S/C12H11ClN2OS/c1-15-7-9(6-14-15)12(16)8-17-11-4-2-3-10(13)5-11/h2-7H,8H2,1H3. The Balaban J connectivity index is 1.97. The molecule has 0 atom stereocenters. The van der Waals surface area contributed by atoms with E-state index >= 15 is 0 Å². The fraction of sp³-hybridized carbons (Fsp3) is 0.167. The Bertz CT molecular complexity index is 539. The number of carbonyl (C=O) groups is 1. The van der Waals surface area contributed by atoms with Gasteiger partial charge in [-0.1, -0.05) is 17.7 Å². The van der Waals surface area contributed by atoms with Crippen molar-refractivity contribution in [1.82, 2.24) is 9.78 Å². The molecule has 2 rings (SSSR count). The normalized spacial score (nSPS) is 10.5. The molecule has 0 aliphatic heterocycles. The van der Waals surface area contributed by atoms with Gasteiger partial charge in [0, 0.05) is 23.2 Å². The molecule has 0 fully saturated rings. The highest BCUT2D eigenvalue weighted by atomic mass is 35.5. The van der Waals surface area contributed by atoms with Crippen LogP contribution < -0.4 is 0 Å². The van der Waals surface area contributed by atoms with Gasteiger partial charge in [-0.2, -0.15) is 5.10 Å². The van der Waals surface area contributed by atoms with E-state index in [0.29, 0.717) is 16.3 Å². The number of aromatic nitrogens is 2. The van der Waals surface area contributed by atoms with Crippen LogP contribution in [0, 0.1) is 0 Å². The second-order valence-electron chi connectivity index (χ2n) is 3.57. The third kappa shape index (κ3) is 3.35. The first-order chi connectivity index (χ1) is 8.15. The largest absolute Gasteiger partial charge is 0.293 e. The summed E-state index contributed by atoms with van der Waals surface area (Å²) in [5.41, 5.74) is 0.641. The molecule has 5 heteroatoms. The summed E-state index contributed by atoms with van der Waals surface area (Å²) in [7, 11) is 1.79. The van der Waals surface area contributed by atoms with E-state index in [1.54, 1.807) is 24.1 Å². The molecule has 0 radical (unpaired) electrons. The molecule has 0 unspecified atom stereocenters. The molecule has 0 amide bonds. The molecule has 1 heterocycles. The quantitative estimate of drug-likeness (QED) is 0.630. The Labute approximate surface area is 109 Å². The van der Waals surface area contributed by atoms with Crippen LogP contribution in [0.3, 0.4) is 0 Å². The maximum Gasteiger partial charge on any atom is 0.176 e. The predicted octanol–water partition coefficient (Wildman–Crippen LogP) is 3.05. The van der Waals surface area contributed by atoms with Gasteiger partial charge < -0.3 is 0 Å². The van der Waals surface area contributed by atoms with Gasteiger partial charge in [0.2, 0.25) is 0 Å². The maximum absolute atomic E-state index is 11.8. The molecule has 17 heavy (non-hydrogen) atoms. The van der Waals surface area contributed by atoms with Crippen LogP contribution in [0.15, 0.2) is 41.6 Å². The van der Waals surface area contributed by atoms with Gasteiger partial charge in [-0.05, 0) is 18.2 Å². The minimum absolute atomic E-state index is 0.0723. The number of ketones is 1. The average molecular weight is 267 g/mol. The molecule has 1 aromatic heterocycles. The maximum atomic E-state index is 11.8. The highest BCUT2D eigenvalue weighted by Gasteiger charge is 2.08. The highest BCUT2D eigenvalue weighted by molar-refractivity contribution is 8.00. The molecule has 0 saturated heterocycles. The molecule has 88 valence electrons. The lowest BCUT2D eigenvalue weighted by Gasteiger charge is -2.00. The highest BCUT2D eigenvalue weighted by Crippen LogP contribution is 2.22.